The van der Waals surface area contributed by atoms with Gasteiger partial charge in [0.05, 0.1) is 17.6 Å². The van der Waals surface area contributed by atoms with Crippen molar-refractivity contribution in [2.45, 2.75) is 37.8 Å². The number of likely N-dealkylation sites (N-methyl/N-ethyl adjacent to an activating group) is 1. The van der Waals surface area contributed by atoms with Gasteiger partial charge in [-0.1, -0.05) is 30.3 Å². The first-order valence-corrected chi connectivity index (χ1v) is 9.78. The predicted molar refractivity (Wildman–Crippen MR) is 105 cm³/mol. The molecule has 1 saturated carbocycles. The largest absolute Gasteiger partial charge is 0.472 e. The molecule has 1 saturated heterocycles. The molecule has 3 heterocycles. The molecule has 1 N–H and O–H groups in total. The number of hydrogen-bond donors (Lipinski definition) is 1. The van der Waals surface area contributed by atoms with E-state index in [2.05, 4.69) is 46.5 Å². The minimum absolute atomic E-state index is 0.204. The Hall–Kier alpha value is -2.60. The third-order valence-electron chi connectivity index (χ3n) is 5.43. The van der Waals surface area contributed by atoms with E-state index in [-0.39, 0.29) is 6.10 Å². The molecular weight excluding hydrogens is 338 g/mol. The molecule has 3 aromatic rings. The number of hydrogen-bond acceptors (Lipinski definition) is 5. The van der Waals surface area contributed by atoms with Crippen LogP contribution in [0.25, 0.3) is 5.65 Å². The summed E-state index contributed by atoms with van der Waals surface area (Å²) in [7, 11) is 2.13. The Bertz CT molecular complexity index is 934. The van der Waals surface area contributed by atoms with Gasteiger partial charge in [0.25, 0.3) is 0 Å². The standard InChI is InChI=1S/C21H25N5O/c1-25-10-9-17(14-25)27-20-11-18(22-12-15-5-3-2-4-6-15)21-23-13-19(16-7-8-16)26(21)24-20/h2-6,11,13,16-17,22H,7-10,12,14H2,1H3/t17-/m1/s1. The van der Waals surface area contributed by atoms with E-state index in [1.807, 2.05) is 22.8 Å². The summed E-state index contributed by atoms with van der Waals surface area (Å²) >= 11 is 0. The number of anilines is 1. The summed E-state index contributed by atoms with van der Waals surface area (Å²) in [5.41, 5.74) is 4.29. The second-order valence-electron chi connectivity index (χ2n) is 7.72. The topological polar surface area (TPSA) is 54.7 Å². The molecule has 140 valence electrons. The first-order chi connectivity index (χ1) is 13.3. The minimum Gasteiger partial charge on any atom is -0.472 e. The summed E-state index contributed by atoms with van der Waals surface area (Å²) < 4.78 is 8.21. The van der Waals surface area contributed by atoms with E-state index >= 15 is 0 Å². The quantitative estimate of drug-likeness (QED) is 0.728. The van der Waals surface area contributed by atoms with Crippen LogP contribution in [0.15, 0.2) is 42.6 Å². The van der Waals surface area contributed by atoms with E-state index in [4.69, 9.17) is 9.84 Å². The molecule has 2 aliphatic rings. The molecule has 2 aromatic heterocycles. The monoisotopic (exact) mass is 363 g/mol. The van der Waals surface area contributed by atoms with Crippen LogP contribution in [0.5, 0.6) is 5.88 Å². The molecule has 0 bridgehead atoms. The van der Waals surface area contributed by atoms with E-state index in [0.717, 1.165) is 37.4 Å². The molecule has 27 heavy (non-hydrogen) atoms. The number of benzene rings is 1. The maximum absolute atomic E-state index is 6.23. The SMILES string of the molecule is CN1CC[C@@H](Oc2cc(NCc3ccccc3)c3ncc(C4CC4)n3n2)C1. The highest BCUT2D eigenvalue weighted by atomic mass is 16.5. The summed E-state index contributed by atoms with van der Waals surface area (Å²) in [6.07, 6.45) is 5.67. The van der Waals surface area contributed by atoms with Crippen molar-refractivity contribution in [3.05, 3.63) is 53.9 Å². The summed E-state index contributed by atoms with van der Waals surface area (Å²) in [4.78, 5) is 6.95. The lowest BCUT2D eigenvalue weighted by Gasteiger charge is -2.15. The van der Waals surface area contributed by atoms with E-state index in [1.54, 1.807) is 0 Å². The molecule has 2 fully saturated rings. The molecule has 0 unspecified atom stereocenters. The molecule has 1 atom stereocenters. The van der Waals surface area contributed by atoms with Crippen molar-refractivity contribution in [3.63, 3.8) is 0 Å². The number of rotatable bonds is 6. The molecule has 1 aliphatic carbocycles. The van der Waals surface area contributed by atoms with Crippen LogP contribution in [0.1, 0.15) is 36.4 Å². The average molecular weight is 363 g/mol. The molecule has 0 amide bonds. The van der Waals surface area contributed by atoms with Gasteiger partial charge >= 0.3 is 0 Å². The summed E-state index contributed by atoms with van der Waals surface area (Å²) in [6, 6.07) is 12.4. The van der Waals surface area contributed by atoms with Crippen molar-refractivity contribution < 1.29 is 4.74 Å². The molecule has 6 heteroatoms. The minimum atomic E-state index is 0.204. The summed E-state index contributed by atoms with van der Waals surface area (Å²) in [5, 5.41) is 8.31. The van der Waals surface area contributed by atoms with E-state index in [9.17, 15) is 0 Å². The van der Waals surface area contributed by atoms with Gasteiger partial charge in [0.15, 0.2) is 5.65 Å². The molecule has 1 aliphatic heterocycles. The number of aromatic nitrogens is 3. The van der Waals surface area contributed by atoms with Crippen LogP contribution in [-0.4, -0.2) is 45.7 Å². The first kappa shape index (κ1) is 16.6. The van der Waals surface area contributed by atoms with Gasteiger partial charge in [-0.15, -0.1) is 5.10 Å². The van der Waals surface area contributed by atoms with Gasteiger partial charge in [0, 0.05) is 31.6 Å². The molecule has 6 nitrogen and oxygen atoms in total. The lowest BCUT2D eigenvalue weighted by atomic mass is 10.2. The van der Waals surface area contributed by atoms with E-state index in [0.29, 0.717) is 11.8 Å². The Morgan fingerprint density at radius 3 is 2.78 bits per heavy atom. The van der Waals surface area contributed by atoms with Gasteiger partial charge in [0.1, 0.15) is 6.10 Å². The third-order valence-corrected chi connectivity index (χ3v) is 5.43. The normalized spacial score (nSPS) is 20.3. The smallest absolute Gasteiger partial charge is 0.234 e. The molecule has 5 rings (SSSR count). The molecular formula is C21H25N5O. The number of imidazole rings is 1. The average Bonchev–Trinajstić information content (AvgIpc) is 3.31. The molecule has 1 aromatic carbocycles. The second kappa shape index (κ2) is 6.85. The fraction of sp³-hybridized carbons (Fsp3) is 0.429. The zero-order valence-electron chi connectivity index (χ0n) is 15.6. The van der Waals surface area contributed by atoms with E-state index in [1.165, 1.54) is 24.1 Å². The molecule has 0 spiro atoms. The first-order valence-electron chi connectivity index (χ1n) is 9.78. The highest BCUT2D eigenvalue weighted by Crippen LogP contribution is 2.40. The zero-order chi connectivity index (χ0) is 18.2. The second-order valence-corrected chi connectivity index (χ2v) is 7.72. The van der Waals surface area contributed by atoms with Crippen molar-refractivity contribution >= 4 is 11.3 Å². The number of fused-ring (bicyclic) bond motifs is 1. The van der Waals surface area contributed by atoms with Crippen LogP contribution >= 0.6 is 0 Å². The Labute approximate surface area is 159 Å². The number of nitrogens with one attached hydrogen (secondary N) is 1. The van der Waals surface area contributed by atoms with Gasteiger partial charge < -0.3 is 15.0 Å². The number of likely N-dealkylation sites (tertiary alicyclic amines) is 1. The van der Waals surface area contributed by atoms with Gasteiger partial charge in [-0.05, 0) is 31.9 Å². The fourth-order valence-electron chi connectivity index (χ4n) is 3.76. The van der Waals surface area contributed by atoms with Crippen LogP contribution in [0.4, 0.5) is 5.69 Å². The fourth-order valence-corrected chi connectivity index (χ4v) is 3.76. The van der Waals surface area contributed by atoms with Crippen LogP contribution in [0, 0.1) is 0 Å². The van der Waals surface area contributed by atoms with Crippen molar-refractivity contribution in [1.82, 2.24) is 19.5 Å². The number of nitrogens with zero attached hydrogens (tertiary/aromatic N) is 4. The van der Waals surface area contributed by atoms with Gasteiger partial charge in [-0.25, -0.2) is 9.50 Å². The van der Waals surface area contributed by atoms with Crippen LogP contribution < -0.4 is 10.1 Å². The highest BCUT2D eigenvalue weighted by molar-refractivity contribution is 5.68. The van der Waals surface area contributed by atoms with Gasteiger partial charge in [0.2, 0.25) is 5.88 Å². The lowest BCUT2D eigenvalue weighted by Crippen LogP contribution is -2.22. The Kier molecular flexibility index (Phi) is 4.20. The third kappa shape index (κ3) is 3.49. The van der Waals surface area contributed by atoms with Crippen molar-refractivity contribution in [2.24, 2.45) is 0 Å². The lowest BCUT2D eigenvalue weighted by molar-refractivity contribution is 0.197. The maximum atomic E-state index is 6.23. The Morgan fingerprint density at radius 2 is 2.04 bits per heavy atom. The summed E-state index contributed by atoms with van der Waals surface area (Å²) in [6.45, 7) is 2.77. The van der Waals surface area contributed by atoms with Crippen LogP contribution in [0.2, 0.25) is 0 Å². The Morgan fingerprint density at radius 1 is 1.19 bits per heavy atom. The predicted octanol–water partition coefficient (Wildman–Crippen LogP) is 3.30. The highest BCUT2D eigenvalue weighted by Gasteiger charge is 2.29. The zero-order valence-corrected chi connectivity index (χ0v) is 15.6. The van der Waals surface area contributed by atoms with E-state index < -0.39 is 0 Å². The maximum Gasteiger partial charge on any atom is 0.234 e. The molecule has 0 radical (unpaired) electrons. The van der Waals surface area contributed by atoms with Gasteiger partial charge in [-0.2, -0.15) is 0 Å². The van der Waals surface area contributed by atoms with Crippen molar-refractivity contribution in [2.75, 3.05) is 25.5 Å². The van der Waals surface area contributed by atoms with Crippen LogP contribution in [-0.2, 0) is 6.54 Å². The Balaban J connectivity index is 1.46. The van der Waals surface area contributed by atoms with Gasteiger partial charge in [-0.3, -0.25) is 0 Å². The van der Waals surface area contributed by atoms with Crippen LogP contribution in [0.3, 0.4) is 0 Å². The summed E-state index contributed by atoms with van der Waals surface area (Å²) in [5.74, 6) is 1.26. The van der Waals surface area contributed by atoms with Crippen molar-refractivity contribution in [1.29, 1.82) is 0 Å². The van der Waals surface area contributed by atoms with Crippen molar-refractivity contribution in [3.8, 4) is 5.88 Å². The number of ether oxygens (including phenoxy) is 1.